The van der Waals surface area contributed by atoms with Crippen molar-refractivity contribution in [3.8, 4) is 5.75 Å². The summed E-state index contributed by atoms with van der Waals surface area (Å²) in [5, 5.41) is 8.25. The molecule has 0 saturated carbocycles. The van der Waals surface area contributed by atoms with Crippen molar-refractivity contribution in [2.24, 2.45) is 22.2 Å². The molecule has 7 N–H and O–H groups in total. The van der Waals surface area contributed by atoms with E-state index >= 15 is 0 Å². The zero-order chi connectivity index (χ0) is 22.4. The summed E-state index contributed by atoms with van der Waals surface area (Å²) >= 11 is 11.7. The van der Waals surface area contributed by atoms with Crippen LogP contribution >= 0.6 is 23.2 Å². The molecule has 2 aromatic rings. The third-order valence-corrected chi connectivity index (χ3v) is 3.31. The fraction of sp³-hybridized carbons (Fsp3) is 0.111. The van der Waals surface area contributed by atoms with E-state index in [1.54, 1.807) is 42.5 Å². The number of hydrogen-bond acceptors (Lipinski definition) is 4. The number of benzene rings is 2. The maximum absolute atomic E-state index is 11.3. The van der Waals surface area contributed by atoms with Gasteiger partial charge < -0.3 is 27.0 Å². The van der Waals surface area contributed by atoms with Crippen LogP contribution in [0.2, 0.25) is 10.0 Å². The molecule has 0 spiro atoms. The van der Waals surface area contributed by atoms with Crippen LogP contribution in [0.15, 0.2) is 53.5 Å². The molecule has 0 aromatic heterocycles. The van der Waals surface area contributed by atoms with Crippen molar-refractivity contribution >= 4 is 47.1 Å². The molecule has 0 atom stereocenters. The second kappa shape index (κ2) is 13.8. The van der Waals surface area contributed by atoms with Crippen LogP contribution in [0.4, 0.5) is 4.79 Å². The van der Waals surface area contributed by atoms with Gasteiger partial charge in [0.1, 0.15) is 5.75 Å². The molecule has 0 heterocycles. The van der Waals surface area contributed by atoms with E-state index in [4.69, 9.17) is 50.3 Å². The topological polar surface area (TPSA) is 171 Å². The Bertz CT molecular complexity index is 832. The number of aliphatic imine (C=N–C) groups is 1. The van der Waals surface area contributed by atoms with Crippen molar-refractivity contribution in [1.29, 1.82) is 0 Å². The summed E-state index contributed by atoms with van der Waals surface area (Å²) in [6, 6.07) is 13.6. The van der Waals surface area contributed by atoms with E-state index in [0.29, 0.717) is 21.4 Å². The van der Waals surface area contributed by atoms with Crippen molar-refractivity contribution in [2.75, 3.05) is 0 Å². The lowest BCUT2D eigenvalue weighted by Gasteiger charge is -2.03. The molecule has 2 aromatic carbocycles. The van der Waals surface area contributed by atoms with Gasteiger partial charge in [-0.25, -0.2) is 4.79 Å². The maximum Gasteiger partial charge on any atom is 0.409 e. The highest BCUT2D eigenvalue weighted by Gasteiger charge is 2.10. The highest BCUT2D eigenvalue weighted by Crippen LogP contribution is 2.24. The van der Waals surface area contributed by atoms with Crippen molar-refractivity contribution in [2.45, 2.75) is 13.3 Å². The van der Waals surface area contributed by atoms with E-state index in [1.165, 1.54) is 0 Å². The molecule has 11 heteroatoms. The van der Waals surface area contributed by atoms with Gasteiger partial charge in [-0.1, -0.05) is 47.5 Å². The second-order valence-electron chi connectivity index (χ2n) is 5.06. The Balaban J connectivity index is 0.000000481. The smallest absolute Gasteiger partial charge is 0.409 e. The molecule has 0 aliphatic carbocycles. The molecule has 0 radical (unpaired) electrons. The molecule has 0 fully saturated rings. The number of carbonyl (C=O) groups excluding carboxylic acids is 2. The van der Waals surface area contributed by atoms with Crippen molar-refractivity contribution in [3.63, 3.8) is 0 Å². The number of guanidine groups is 1. The number of nitrogens with two attached hydrogens (primary N) is 3. The van der Waals surface area contributed by atoms with Gasteiger partial charge >= 0.3 is 6.09 Å². The first-order chi connectivity index (χ1) is 13.5. The first kappa shape index (κ1) is 25.7. The highest BCUT2D eigenvalue weighted by atomic mass is 35.5. The number of hydrogen-bond donors (Lipinski definition) is 4. The van der Waals surface area contributed by atoms with Crippen LogP contribution in [-0.2, 0) is 16.0 Å². The zero-order valence-electron chi connectivity index (χ0n) is 15.3. The number of primary amides is 1. The average Bonchev–Trinajstić information content (AvgIpc) is 2.58. The van der Waals surface area contributed by atoms with Gasteiger partial charge in [-0.3, -0.25) is 9.59 Å². The summed E-state index contributed by atoms with van der Waals surface area (Å²) < 4.78 is 4.55. The van der Waals surface area contributed by atoms with Crippen LogP contribution < -0.4 is 21.9 Å². The number of nitrogens with zero attached hydrogens (tertiary/aromatic N) is 1. The van der Waals surface area contributed by atoms with E-state index in [9.17, 15) is 9.59 Å². The molecular weight excluding hydrogens is 423 g/mol. The Kier molecular flexibility index (Phi) is 12.2. The molecule has 29 heavy (non-hydrogen) atoms. The van der Waals surface area contributed by atoms with E-state index in [2.05, 4.69) is 9.73 Å². The highest BCUT2D eigenvalue weighted by molar-refractivity contribution is 6.36. The van der Waals surface area contributed by atoms with Crippen molar-refractivity contribution in [3.05, 3.63) is 64.1 Å². The van der Waals surface area contributed by atoms with Crippen LogP contribution in [0.3, 0.4) is 0 Å². The van der Waals surface area contributed by atoms with Crippen LogP contribution in [-0.4, -0.2) is 29.0 Å². The summed E-state index contributed by atoms with van der Waals surface area (Å²) in [6.07, 6.45) is -0.803. The number of rotatable bonds is 3. The van der Waals surface area contributed by atoms with Gasteiger partial charge in [-0.15, -0.1) is 0 Å². The van der Waals surface area contributed by atoms with Crippen LogP contribution in [0.5, 0.6) is 5.75 Å². The monoisotopic (exact) mass is 442 g/mol. The number of halogens is 2. The van der Waals surface area contributed by atoms with E-state index in [1.807, 2.05) is 6.07 Å². The van der Waals surface area contributed by atoms with Crippen molar-refractivity contribution < 1.29 is 24.2 Å². The number of amides is 2. The molecule has 156 valence electrons. The molecule has 2 amide bonds. The third-order valence-electron chi connectivity index (χ3n) is 2.61. The minimum absolute atomic E-state index is 0.0175. The summed E-state index contributed by atoms with van der Waals surface area (Å²) in [5.41, 5.74) is 15.4. The van der Waals surface area contributed by atoms with Crippen molar-refractivity contribution in [1.82, 2.24) is 0 Å². The molecule has 2 rings (SSSR count). The Hall–Kier alpha value is -3.30. The number of carbonyl (C=O) groups is 3. The maximum atomic E-state index is 11.3. The van der Waals surface area contributed by atoms with Gasteiger partial charge in [0.15, 0.2) is 5.96 Å². The number of ether oxygens (including phenoxy) is 1. The summed E-state index contributed by atoms with van der Waals surface area (Å²) in [7, 11) is 0. The first-order valence-electron chi connectivity index (χ1n) is 7.80. The molecule has 0 unspecified atom stereocenters. The Morgan fingerprint density at radius 3 is 1.86 bits per heavy atom. The van der Waals surface area contributed by atoms with Crippen LogP contribution in [0.1, 0.15) is 12.5 Å². The predicted octanol–water partition coefficient (Wildman–Crippen LogP) is 2.57. The Morgan fingerprint density at radius 1 is 0.966 bits per heavy atom. The number of carboxylic acids is 1. The lowest BCUT2D eigenvalue weighted by molar-refractivity contribution is -0.134. The normalized spacial score (nSPS) is 8.93. The lowest BCUT2D eigenvalue weighted by Crippen LogP contribution is -2.24. The second-order valence-corrected chi connectivity index (χ2v) is 5.87. The van der Waals surface area contributed by atoms with E-state index in [0.717, 1.165) is 6.92 Å². The third kappa shape index (κ3) is 13.5. The standard InChI is InChI=1S/C9H9Cl2N3O.C7H7NO2.C2H4O2/c10-6-2-1-3-7(11)5(6)4-8(15)14-9(12)13;8-7(9)10-6-4-2-1-3-5-6;1-2(3)4/h1-3H,4H2,(H4,12,13,14,15);1-5H,(H2,8,9);1H3,(H,3,4). The minimum atomic E-state index is -0.833. The Morgan fingerprint density at radius 2 is 1.45 bits per heavy atom. The fourth-order valence-electron chi connectivity index (χ4n) is 1.64. The SMILES string of the molecule is CC(=O)O.NC(=O)Oc1ccccc1.NC(N)=NC(=O)Cc1c(Cl)cccc1Cl. The van der Waals surface area contributed by atoms with Crippen LogP contribution in [0, 0.1) is 0 Å². The summed E-state index contributed by atoms with van der Waals surface area (Å²) in [6.45, 7) is 1.08. The van der Waals surface area contributed by atoms with E-state index < -0.39 is 18.0 Å². The first-order valence-corrected chi connectivity index (χ1v) is 8.55. The molecule has 0 aliphatic heterocycles. The molecule has 0 aliphatic rings. The number of aliphatic carboxylic acids is 1. The predicted molar refractivity (Wildman–Crippen MR) is 111 cm³/mol. The van der Waals surface area contributed by atoms with Gasteiger partial charge in [0, 0.05) is 17.0 Å². The van der Waals surface area contributed by atoms with Crippen LogP contribution in [0.25, 0.3) is 0 Å². The van der Waals surface area contributed by atoms with Gasteiger partial charge in [-0.05, 0) is 29.8 Å². The Labute approximate surface area is 177 Å². The summed E-state index contributed by atoms with van der Waals surface area (Å²) in [5.74, 6) is -1.12. The lowest BCUT2D eigenvalue weighted by atomic mass is 10.1. The van der Waals surface area contributed by atoms with Gasteiger partial charge in [0.25, 0.3) is 11.9 Å². The molecular formula is C18H20Cl2N4O5. The molecule has 0 saturated heterocycles. The van der Waals surface area contributed by atoms with Gasteiger partial charge in [-0.2, -0.15) is 4.99 Å². The number of para-hydroxylation sites is 1. The quantitative estimate of drug-likeness (QED) is 0.417. The van der Waals surface area contributed by atoms with E-state index in [-0.39, 0.29) is 12.4 Å². The number of carboxylic acid groups (broad SMARTS) is 1. The fourth-order valence-corrected chi connectivity index (χ4v) is 2.17. The summed E-state index contributed by atoms with van der Waals surface area (Å²) in [4.78, 5) is 33.8. The molecule has 9 nitrogen and oxygen atoms in total. The molecule has 0 bridgehead atoms. The largest absolute Gasteiger partial charge is 0.481 e. The average molecular weight is 443 g/mol. The van der Waals surface area contributed by atoms with Gasteiger partial charge in [0.05, 0.1) is 6.42 Å². The zero-order valence-corrected chi connectivity index (χ0v) is 16.9. The minimum Gasteiger partial charge on any atom is -0.481 e. The van der Waals surface area contributed by atoms with Gasteiger partial charge in [0.2, 0.25) is 0 Å².